The molecule has 7 heteroatoms. The first-order valence-electron chi connectivity index (χ1n) is 8.99. The summed E-state index contributed by atoms with van der Waals surface area (Å²) in [5.41, 5.74) is 8.92. The second kappa shape index (κ2) is 7.20. The zero-order valence-electron chi connectivity index (χ0n) is 14.7. The van der Waals surface area contributed by atoms with E-state index in [-0.39, 0.29) is 17.9 Å². The molecule has 2 aromatic carbocycles. The van der Waals surface area contributed by atoms with Crippen LogP contribution in [0, 0.1) is 5.92 Å². The quantitative estimate of drug-likeness (QED) is 0.538. The molecule has 0 bridgehead atoms. The zero-order valence-corrected chi connectivity index (χ0v) is 14.7. The van der Waals surface area contributed by atoms with Gasteiger partial charge in [0, 0.05) is 29.4 Å². The molecule has 7 nitrogen and oxygen atoms in total. The van der Waals surface area contributed by atoms with Crippen molar-refractivity contribution < 1.29 is 9.59 Å². The Morgan fingerprint density at radius 3 is 2.74 bits per heavy atom. The molecule has 5 N–H and O–H groups in total. The van der Waals surface area contributed by atoms with Crippen LogP contribution in [0.4, 0.5) is 5.69 Å². The summed E-state index contributed by atoms with van der Waals surface area (Å²) in [7, 11) is 0. The first-order chi connectivity index (χ1) is 13.1. The van der Waals surface area contributed by atoms with E-state index in [2.05, 4.69) is 20.6 Å². The molecule has 138 valence electrons. The van der Waals surface area contributed by atoms with Crippen LogP contribution >= 0.6 is 0 Å². The number of fused-ring (bicyclic) bond motifs is 1. The highest BCUT2D eigenvalue weighted by atomic mass is 16.2. The minimum atomic E-state index is -0.248. The maximum Gasteiger partial charge on any atom is 0.255 e. The summed E-state index contributed by atoms with van der Waals surface area (Å²) < 4.78 is 0. The van der Waals surface area contributed by atoms with Crippen LogP contribution in [-0.4, -0.2) is 34.4 Å². The Bertz CT molecular complexity index is 993. The molecule has 0 radical (unpaired) electrons. The molecular formula is C20H21N5O2. The second-order valence-corrected chi connectivity index (χ2v) is 6.82. The van der Waals surface area contributed by atoms with Gasteiger partial charge in [0.25, 0.3) is 11.8 Å². The van der Waals surface area contributed by atoms with Crippen LogP contribution in [0.25, 0.3) is 11.0 Å². The highest BCUT2D eigenvalue weighted by Gasteiger charge is 2.31. The van der Waals surface area contributed by atoms with Crippen molar-refractivity contribution in [3.8, 4) is 0 Å². The smallest absolute Gasteiger partial charge is 0.255 e. The van der Waals surface area contributed by atoms with E-state index >= 15 is 0 Å². The van der Waals surface area contributed by atoms with Gasteiger partial charge in [-0.15, -0.1) is 0 Å². The largest absolute Gasteiger partial charge is 0.348 e. The van der Waals surface area contributed by atoms with Crippen LogP contribution in [0.1, 0.15) is 33.6 Å². The normalized spacial score (nSPS) is 14.7. The van der Waals surface area contributed by atoms with Crippen molar-refractivity contribution in [2.75, 3.05) is 11.9 Å². The number of aromatic nitrogens is 2. The maximum atomic E-state index is 12.5. The number of benzene rings is 2. The number of carbonyl (C=O) groups is 2. The lowest BCUT2D eigenvalue weighted by atomic mass is 10.1. The van der Waals surface area contributed by atoms with Gasteiger partial charge in [-0.2, -0.15) is 0 Å². The number of rotatable bonds is 6. The fourth-order valence-electron chi connectivity index (χ4n) is 3.14. The molecule has 1 atom stereocenters. The predicted molar refractivity (Wildman–Crippen MR) is 104 cm³/mol. The Morgan fingerprint density at radius 2 is 1.96 bits per heavy atom. The average Bonchev–Trinajstić information content (AvgIpc) is 3.42. The molecule has 2 amide bonds. The molecule has 0 spiro atoms. The van der Waals surface area contributed by atoms with E-state index in [1.54, 1.807) is 48.8 Å². The lowest BCUT2D eigenvalue weighted by molar-refractivity contribution is 0.0932. The molecule has 1 saturated carbocycles. The van der Waals surface area contributed by atoms with E-state index < -0.39 is 0 Å². The first kappa shape index (κ1) is 17.2. The third-order valence-corrected chi connectivity index (χ3v) is 4.83. The van der Waals surface area contributed by atoms with Gasteiger partial charge in [0.05, 0.1) is 17.4 Å². The lowest BCUT2D eigenvalue weighted by Gasteiger charge is -2.16. The number of nitrogens with zero attached hydrogens (tertiary/aromatic N) is 1. The van der Waals surface area contributed by atoms with Crippen LogP contribution in [0.15, 0.2) is 48.8 Å². The highest BCUT2D eigenvalue weighted by Crippen LogP contribution is 2.32. The Labute approximate surface area is 156 Å². The molecule has 1 aliphatic rings. The number of nitrogens with one attached hydrogen (secondary N) is 3. The minimum absolute atomic E-state index is 0.0110. The summed E-state index contributed by atoms with van der Waals surface area (Å²) in [5, 5.41) is 5.82. The van der Waals surface area contributed by atoms with Gasteiger partial charge < -0.3 is 21.4 Å². The Kier molecular flexibility index (Phi) is 4.60. The topological polar surface area (TPSA) is 113 Å². The predicted octanol–water partition coefficient (Wildman–Crippen LogP) is 2.28. The number of aromatic amines is 1. The van der Waals surface area contributed by atoms with Crippen molar-refractivity contribution >= 4 is 28.5 Å². The number of hydrogen-bond acceptors (Lipinski definition) is 4. The summed E-state index contributed by atoms with van der Waals surface area (Å²) in [5.74, 6) is 0.0634. The van der Waals surface area contributed by atoms with E-state index in [1.807, 2.05) is 0 Å². The van der Waals surface area contributed by atoms with Crippen molar-refractivity contribution in [2.24, 2.45) is 11.7 Å². The van der Waals surface area contributed by atoms with Gasteiger partial charge >= 0.3 is 0 Å². The fourth-order valence-corrected chi connectivity index (χ4v) is 3.14. The molecule has 1 unspecified atom stereocenters. The van der Waals surface area contributed by atoms with Crippen molar-refractivity contribution in [3.63, 3.8) is 0 Å². The summed E-state index contributed by atoms with van der Waals surface area (Å²) in [6.45, 7) is 0.433. The minimum Gasteiger partial charge on any atom is -0.348 e. The number of imidazole rings is 1. The summed E-state index contributed by atoms with van der Waals surface area (Å²) in [4.78, 5) is 32.1. The van der Waals surface area contributed by atoms with Gasteiger partial charge in [-0.1, -0.05) is 6.07 Å². The van der Waals surface area contributed by atoms with E-state index in [4.69, 9.17) is 5.73 Å². The first-order valence-corrected chi connectivity index (χ1v) is 8.99. The monoisotopic (exact) mass is 363 g/mol. The van der Waals surface area contributed by atoms with Crippen molar-refractivity contribution in [1.29, 1.82) is 0 Å². The van der Waals surface area contributed by atoms with Crippen LogP contribution in [0.3, 0.4) is 0 Å². The van der Waals surface area contributed by atoms with Gasteiger partial charge in [-0.3, -0.25) is 9.59 Å². The van der Waals surface area contributed by atoms with Crippen molar-refractivity contribution in [2.45, 2.75) is 18.9 Å². The van der Waals surface area contributed by atoms with Crippen LogP contribution in [0.5, 0.6) is 0 Å². The van der Waals surface area contributed by atoms with Gasteiger partial charge in [0.15, 0.2) is 0 Å². The molecule has 1 fully saturated rings. The van der Waals surface area contributed by atoms with Gasteiger partial charge in [0.2, 0.25) is 0 Å². The third kappa shape index (κ3) is 3.83. The van der Waals surface area contributed by atoms with Crippen molar-refractivity contribution in [3.05, 3.63) is 59.9 Å². The zero-order chi connectivity index (χ0) is 18.8. The van der Waals surface area contributed by atoms with Gasteiger partial charge in [-0.05, 0) is 55.2 Å². The highest BCUT2D eigenvalue weighted by molar-refractivity contribution is 6.06. The number of amides is 2. The fraction of sp³-hybridized carbons (Fsp3) is 0.250. The van der Waals surface area contributed by atoms with Crippen LogP contribution in [0.2, 0.25) is 0 Å². The molecular weight excluding hydrogens is 342 g/mol. The summed E-state index contributed by atoms with van der Waals surface area (Å²) in [6.07, 6.45) is 3.81. The standard InChI is InChI=1S/C20H21N5O2/c21-10-18(12-4-5-12)25-20(27)13-2-1-3-15(8-13)24-19(26)14-6-7-16-17(9-14)23-11-22-16/h1-3,6-9,11-12,18H,4-5,10,21H2,(H,22,23)(H,24,26)(H,25,27). The maximum absolute atomic E-state index is 12.5. The number of H-pyrrole nitrogens is 1. The Morgan fingerprint density at radius 1 is 1.15 bits per heavy atom. The van der Waals surface area contributed by atoms with Gasteiger partial charge in [0.1, 0.15) is 0 Å². The van der Waals surface area contributed by atoms with Crippen molar-refractivity contribution in [1.82, 2.24) is 15.3 Å². The Hall–Kier alpha value is -3.19. The molecule has 3 aromatic rings. The second-order valence-electron chi connectivity index (χ2n) is 6.82. The number of anilines is 1. The molecule has 27 heavy (non-hydrogen) atoms. The lowest BCUT2D eigenvalue weighted by Crippen LogP contribution is -2.41. The summed E-state index contributed by atoms with van der Waals surface area (Å²) >= 11 is 0. The Balaban J connectivity index is 1.46. The molecule has 1 aromatic heterocycles. The van der Waals surface area contributed by atoms with Crippen LogP contribution < -0.4 is 16.4 Å². The average molecular weight is 363 g/mol. The van der Waals surface area contributed by atoms with E-state index in [0.29, 0.717) is 29.3 Å². The SMILES string of the molecule is NCC(NC(=O)c1cccc(NC(=O)c2ccc3nc[nH]c3c2)c1)C1CC1. The molecule has 0 saturated heterocycles. The van der Waals surface area contributed by atoms with E-state index in [1.165, 1.54) is 0 Å². The number of carbonyl (C=O) groups excluding carboxylic acids is 2. The molecule has 1 aliphatic carbocycles. The van der Waals surface area contributed by atoms with Gasteiger partial charge in [-0.25, -0.2) is 4.98 Å². The van der Waals surface area contributed by atoms with E-state index in [9.17, 15) is 9.59 Å². The molecule has 1 heterocycles. The third-order valence-electron chi connectivity index (χ3n) is 4.83. The summed E-state index contributed by atoms with van der Waals surface area (Å²) in [6, 6.07) is 12.2. The van der Waals surface area contributed by atoms with E-state index in [0.717, 1.165) is 23.9 Å². The number of hydrogen-bond donors (Lipinski definition) is 4. The van der Waals surface area contributed by atoms with Crippen LogP contribution in [-0.2, 0) is 0 Å². The molecule has 0 aliphatic heterocycles. The molecule has 4 rings (SSSR count). The number of nitrogens with two attached hydrogens (primary N) is 1.